The molecule has 0 aromatic carbocycles. The second kappa shape index (κ2) is 4.49. The second-order valence-corrected chi connectivity index (χ2v) is 8.06. The van der Waals surface area contributed by atoms with Crippen LogP contribution in [0.5, 0.6) is 0 Å². The van der Waals surface area contributed by atoms with Crippen molar-refractivity contribution in [3.05, 3.63) is 0 Å². The molecule has 0 unspecified atom stereocenters. The quantitative estimate of drug-likeness (QED) is 0.660. The third-order valence-electron chi connectivity index (χ3n) is 4.55. The van der Waals surface area contributed by atoms with Gasteiger partial charge in [0.2, 0.25) is 5.91 Å². The lowest BCUT2D eigenvalue weighted by molar-refractivity contribution is -0.132. The average Bonchev–Trinajstić information content (AvgIpc) is 2.61. The van der Waals surface area contributed by atoms with Crippen LogP contribution in [0.15, 0.2) is 0 Å². The topological polar surface area (TPSA) is 20.3 Å². The van der Waals surface area contributed by atoms with E-state index in [1.165, 1.54) is 25.7 Å². The Morgan fingerprint density at radius 3 is 2.35 bits per heavy atom. The van der Waals surface area contributed by atoms with Crippen LogP contribution in [0.25, 0.3) is 0 Å². The molecule has 17 heavy (non-hydrogen) atoms. The Balaban J connectivity index is 2.04. The van der Waals surface area contributed by atoms with Gasteiger partial charge >= 0.3 is 0 Å². The molecule has 1 aliphatic heterocycles. The van der Waals surface area contributed by atoms with Crippen molar-refractivity contribution in [3.63, 3.8) is 0 Å². The zero-order chi connectivity index (χ0) is 12.7. The summed E-state index contributed by atoms with van der Waals surface area (Å²) < 4.78 is 0. The fraction of sp³-hybridized carbons (Fsp3) is 0.929. The molecule has 2 fully saturated rings. The molecule has 98 valence electrons. The maximum absolute atomic E-state index is 11.7. The van der Waals surface area contributed by atoms with Crippen LogP contribution in [0.4, 0.5) is 0 Å². The van der Waals surface area contributed by atoms with Crippen LogP contribution in [0.3, 0.4) is 0 Å². The van der Waals surface area contributed by atoms with E-state index in [0.717, 1.165) is 18.2 Å². The van der Waals surface area contributed by atoms with Gasteiger partial charge in [0.15, 0.2) is 0 Å². The van der Waals surface area contributed by atoms with Crippen LogP contribution in [-0.4, -0.2) is 28.0 Å². The maximum Gasteiger partial charge on any atom is 0.220 e. The summed E-state index contributed by atoms with van der Waals surface area (Å²) in [6.45, 7) is 9.73. The largest absolute Gasteiger partial charge is 0.327 e. The molecule has 0 atom stereocenters. The Morgan fingerprint density at radius 1 is 1.29 bits per heavy atom. The minimum atomic E-state index is 0.160. The lowest BCUT2D eigenvalue weighted by atomic mass is 9.71. The van der Waals surface area contributed by atoms with Crippen molar-refractivity contribution >= 4 is 17.7 Å². The van der Waals surface area contributed by atoms with Gasteiger partial charge < -0.3 is 4.90 Å². The van der Waals surface area contributed by atoms with E-state index >= 15 is 0 Å². The van der Waals surface area contributed by atoms with Crippen LogP contribution in [0.1, 0.15) is 53.4 Å². The molecule has 1 saturated heterocycles. The first-order valence-electron chi connectivity index (χ1n) is 6.77. The van der Waals surface area contributed by atoms with Crippen LogP contribution < -0.4 is 0 Å². The molecule has 0 radical (unpaired) electrons. The molecule has 0 aromatic rings. The number of hydrogen-bond acceptors (Lipinski definition) is 2. The minimum absolute atomic E-state index is 0.160. The third kappa shape index (κ3) is 2.49. The predicted octanol–water partition coefficient (Wildman–Crippen LogP) is 3.51. The van der Waals surface area contributed by atoms with E-state index in [1.54, 1.807) is 6.92 Å². The lowest BCUT2D eigenvalue weighted by Gasteiger charge is -2.45. The van der Waals surface area contributed by atoms with Crippen LogP contribution >= 0.6 is 11.8 Å². The number of carbonyl (C=O) groups is 1. The van der Waals surface area contributed by atoms with Crippen molar-refractivity contribution in [2.24, 2.45) is 11.3 Å². The first kappa shape index (κ1) is 13.3. The Labute approximate surface area is 110 Å². The van der Waals surface area contributed by atoms with Gasteiger partial charge in [-0.1, -0.05) is 20.8 Å². The van der Waals surface area contributed by atoms with E-state index in [-0.39, 0.29) is 10.8 Å². The third-order valence-corrected chi connectivity index (χ3v) is 6.10. The number of carbonyl (C=O) groups excluding carboxylic acids is 1. The minimum Gasteiger partial charge on any atom is -0.327 e. The van der Waals surface area contributed by atoms with Crippen molar-refractivity contribution in [2.75, 3.05) is 12.3 Å². The summed E-state index contributed by atoms with van der Waals surface area (Å²) in [6.07, 6.45) is 4.94. The van der Waals surface area contributed by atoms with Crippen LogP contribution in [-0.2, 0) is 4.79 Å². The van der Waals surface area contributed by atoms with Crippen LogP contribution in [0.2, 0.25) is 0 Å². The van der Waals surface area contributed by atoms with Gasteiger partial charge in [-0.25, -0.2) is 0 Å². The molecule has 1 amide bonds. The van der Waals surface area contributed by atoms with Gasteiger partial charge in [0.05, 0.1) is 4.87 Å². The highest BCUT2D eigenvalue weighted by Gasteiger charge is 2.46. The Morgan fingerprint density at radius 2 is 1.88 bits per heavy atom. The smallest absolute Gasteiger partial charge is 0.220 e. The average molecular weight is 255 g/mol. The normalized spacial score (nSPS) is 34.4. The molecule has 1 aliphatic carbocycles. The summed E-state index contributed by atoms with van der Waals surface area (Å²) in [6, 6.07) is 0. The van der Waals surface area contributed by atoms with E-state index in [0.29, 0.717) is 5.41 Å². The first-order chi connectivity index (χ1) is 7.85. The van der Waals surface area contributed by atoms with Gasteiger partial charge in [-0.15, -0.1) is 11.8 Å². The maximum atomic E-state index is 11.7. The van der Waals surface area contributed by atoms with E-state index in [9.17, 15) is 4.79 Å². The molecule has 1 spiro atoms. The molecule has 2 nitrogen and oxygen atoms in total. The highest BCUT2D eigenvalue weighted by molar-refractivity contribution is 8.00. The molecule has 1 saturated carbocycles. The number of thioether (sulfide) groups is 1. The Kier molecular flexibility index (Phi) is 3.50. The fourth-order valence-electron chi connectivity index (χ4n) is 3.40. The number of rotatable bonds is 0. The molecular weight excluding hydrogens is 230 g/mol. The van der Waals surface area contributed by atoms with Gasteiger partial charge in [-0.2, -0.15) is 0 Å². The zero-order valence-corrected chi connectivity index (χ0v) is 12.4. The van der Waals surface area contributed by atoms with E-state index in [1.807, 2.05) is 11.8 Å². The second-order valence-electron chi connectivity index (χ2n) is 6.61. The van der Waals surface area contributed by atoms with Crippen molar-refractivity contribution in [2.45, 2.75) is 58.2 Å². The molecular formula is C14H25NOS. The van der Waals surface area contributed by atoms with Crippen molar-refractivity contribution < 1.29 is 4.79 Å². The summed E-state index contributed by atoms with van der Waals surface area (Å²) in [5, 5.41) is 0. The van der Waals surface area contributed by atoms with Crippen molar-refractivity contribution in [1.29, 1.82) is 0 Å². The standard InChI is InChI=1S/C14H25NOS/c1-11(16)15-9-10-17-14(15)7-5-12(6-8-14)13(2,3)4/h12H,5-10H2,1-4H3. The van der Waals surface area contributed by atoms with Gasteiger partial charge in [0.1, 0.15) is 0 Å². The Hall–Kier alpha value is -0.180. The lowest BCUT2D eigenvalue weighted by Crippen LogP contribution is -2.48. The molecule has 2 rings (SSSR count). The van der Waals surface area contributed by atoms with E-state index in [4.69, 9.17) is 0 Å². The fourth-order valence-corrected chi connectivity index (χ4v) is 4.96. The monoisotopic (exact) mass is 255 g/mol. The van der Waals surface area contributed by atoms with E-state index in [2.05, 4.69) is 25.7 Å². The Bertz CT molecular complexity index is 300. The highest BCUT2D eigenvalue weighted by atomic mass is 32.2. The summed E-state index contributed by atoms with van der Waals surface area (Å²) in [7, 11) is 0. The highest BCUT2D eigenvalue weighted by Crippen LogP contribution is 2.51. The molecule has 3 heteroatoms. The summed E-state index contributed by atoms with van der Waals surface area (Å²) in [5.41, 5.74) is 0.423. The molecule has 0 N–H and O–H groups in total. The zero-order valence-electron chi connectivity index (χ0n) is 11.6. The van der Waals surface area contributed by atoms with Crippen LogP contribution in [0, 0.1) is 11.3 Å². The number of hydrogen-bond donors (Lipinski definition) is 0. The SMILES string of the molecule is CC(=O)N1CCSC12CCC(C(C)(C)C)CC2. The van der Waals surface area contributed by atoms with E-state index < -0.39 is 0 Å². The number of amides is 1. The first-order valence-corrected chi connectivity index (χ1v) is 7.76. The summed E-state index contributed by atoms with van der Waals surface area (Å²) >= 11 is 2.02. The molecule has 2 aliphatic rings. The molecule has 0 bridgehead atoms. The molecule has 1 heterocycles. The predicted molar refractivity (Wildman–Crippen MR) is 74.0 cm³/mol. The van der Waals surface area contributed by atoms with Gasteiger partial charge in [0, 0.05) is 19.2 Å². The van der Waals surface area contributed by atoms with Crippen molar-refractivity contribution in [1.82, 2.24) is 4.90 Å². The summed E-state index contributed by atoms with van der Waals surface area (Å²) in [4.78, 5) is 14.0. The van der Waals surface area contributed by atoms with Crippen molar-refractivity contribution in [3.8, 4) is 0 Å². The van der Waals surface area contributed by atoms with Gasteiger partial charge in [-0.3, -0.25) is 4.79 Å². The molecule has 0 aromatic heterocycles. The van der Waals surface area contributed by atoms with Gasteiger partial charge in [0.25, 0.3) is 0 Å². The van der Waals surface area contributed by atoms with Gasteiger partial charge in [-0.05, 0) is 37.0 Å². The number of nitrogens with zero attached hydrogens (tertiary/aromatic N) is 1. The summed E-state index contributed by atoms with van der Waals surface area (Å²) in [5.74, 6) is 2.21.